The summed E-state index contributed by atoms with van der Waals surface area (Å²) in [6, 6.07) is 17.1. The van der Waals surface area contributed by atoms with Crippen LogP contribution in [0.15, 0.2) is 89.9 Å². The SMILES string of the molecule is COc1ccc(C(C(=O)NCc2ccccc2)N(Cc2ccco2)C(=O)c2cnccn2)cc1OC. The molecule has 0 aliphatic carbocycles. The minimum Gasteiger partial charge on any atom is -0.493 e. The molecule has 2 amide bonds. The third kappa shape index (κ3) is 5.69. The summed E-state index contributed by atoms with van der Waals surface area (Å²) in [5.41, 5.74) is 1.56. The molecule has 1 unspecified atom stereocenters. The molecule has 0 bridgehead atoms. The van der Waals surface area contributed by atoms with Gasteiger partial charge in [0, 0.05) is 18.9 Å². The van der Waals surface area contributed by atoms with Crippen LogP contribution in [-0.2, 0) is 17.9 Å². The molecule has 0 spiro atoms. The third-order valence-electron chi connectivity index (χ3n) is 5.54. The molecule has 4 aromatic rings. The Balaban J connectivity index is 1.76. The number of nitrogens with zero attached hydrogens (tertiary/aromatic N) is 3. The van der Waals surface area contributed by atoms with Crippen molar-refractivity contribution >= 4 is 11.8 Å². The van der Waals surface area contributed by atoms with Crippen molar-refractivity contribution in [1.29, 1.82) is 0 Å². The summed E-state index contributed by atoms with van der Waals surface area (Å²) in [6.07, 6.45) is 5.79. The van der Waals surface area contributed by atoms with Crippen molar-refractivity contribution < 1.29 is 23.5 Å². The van der Waals surface area contributed by atoms with Gasteiger partial charge in [-0.3, -0.25) is 14.6 Å². The Labute approximate surface area is 208 Å². The van der Waals surface area contributed by atoms with Crippen LogP contribution in [0, 0.1) is 0 Å². The van der Waals surface area contributed by atoms with Crippen molar-refractivity contribution in [3.8, 4) is 11.5 Å². The first-order valence-electron chi connectivity index (χ1n) is 11.2. The van der Waals surface area contributed by atoms with Crippen molar-refractivity contribution in [3.05, 3.63) is 108 Å². The van der Waals surface area contributed by atoms with Gasteiger partial charge < -0.3 is 24.1 Å². The fourth-order valence-corrected chi connectivity index (χ4v) is 3.78. The minimum atomic E-state index is -1.03. The second kappa shape index (κ2) is 11.7. The van der Waals surface area contributed by atoms with Crippen LogP contribution in [0.2, 0.25) is 0 Å². The van der Waals surface area contributed by atoms with Crippen LogP contribution < -0.4 is 14.8 Å². The Kier molecular flexibility index (Phi) is 7.92. The molecule has 0 aliphatic rings. The monoisotopic (exact) mass is 486 g/mol. The average Bonchev–Trinajstić information content (AvgIpc) is 3.45. The van der Waals surface area contributed by atoms with E-state index in [9.17, 15) is 9.59 Å². The lowest BCUT2D eigenvalue weighted by atomic mass is 10.0. The van der Waals surface area contributed by atoms with Gasteiger partial charge in [0.2, 0.25) is 5.91 Å². The molecule has 1 N–H and O–H groups in total. The van der Waals surface area contributed by atoms with E-state index in [0.717, 1.165) is 5.56 Å². The lowest BCUT2D eigenvalue weighted by Gasteiger charge is -2.31. The molecule has 9 heteroatoms. The Bertz CT molecular complexity index is 1280. The van der Waals surface area contributed by atoms with E-state index < -0.39 is 11.9 Å². The quantitative estimate of drug-likeness (QED) is 0.363. The number of methoxy groups -OCH3 is 2. The van der Waals surface area contributed by atoms with Gasteiger partial charge in [0.05, 0.1) is 33.2 Å². The van der Waals surface area contributed by atoms with Gasteiger partial charge in [-0.15, -0.1) is 0 Å². The average molecular weight is 487 g/mol. The summed E-state index contributed by atoms with van der Waals surface area (Å²) in [5.74, 6) is 0.584. The highest BCUT2D eigenvalue weighted by atomic mass is 16.5. The van der Waals surface area contributed by atoms with Gasteiger partial charge >= 0.3 is 0 Å². The van der Waals surface area contributed by atoms with E-state index in [1.807, 2.05) is 30.3 Å². The van der Waals surface area contributed by atoms with Crippen LogP contribution in [0.4, 0.5) is 0 Å². The summed E-state index contributed by atoms with van der Waals surface area (Å²) in [6.45, 7) is 0.317. The molecule has 2 heterocycles. The highest BCUT2D eigenvalue weighted by Crippen LogP contribution is 2.33. The zero-order valence-corrected chi connectivity index (χ0v) is 20.0. The van der Waals surface area contributed by atoms with Crippen LogP contribution in [0.3, 0.4) is 0 Å². The zero-order chi connectivity index (χ0) is 25.3. The number of rotatable bonds is 10. The first-order valence-corrected chi connectivity index (χ1v) is 11.2. The fourth-order valence-electron chi connectivity index (χ4n) is 3.78. The topological polar surface area (TPSA) is 107 Å². The van der Waals surface area contributed by atoms with Crippen LogP contribution in [0.1, 0.15) is 33.4 Å². The Morgan fingerprint density at radius 1 is 1.00 bits per heavy atom. The minimum absolute atomic E-state index is 0.0280. The Morgan fingerprint density at radius 2 is 1.81 bits per heavy atom. The lowest BCUT2D eigenvalue weighted by Crippen LogP contribution is -2.43. The first-order chi connectivity index (χ1) is 17.6. The lowest BCUT2D eigenvalue weighted by molar-refractivity contribution is -0.126. The smallest absolute Gasteiger partial charge is 0.275 e. The highest BCUT2D eigenvalue weighted by molar-refractivity contribution is 5.96. The molecular weight excluding hydrogens is 460 g/mol. The first kappa shape index (κ1) is 24.5. The van der Waals surface area contributed by atoms with Crippen molar-refractivity contribution in [2.24, 2.45) is 0 Å². The number of aromatic nitrogens is 2. The van der Waals surface area contributed by atoms with Crippen molar-refractivity contribution in [2.45, 2.75) is 19.1 Å². The van der Waals surface area contributed by atoms with E-state index in [-0.39, 0.29) is 24.7 Å². The summed E-state index contributed by atoms with van der Waals surface area (Å²) in [4.78, 5) is 37.0. The maximum absolute atomic E-state index is 13.7. The molecule has 0 aliphatic heterocycles. The number of benzene rings is 2. The molecule has 1 atom stereocenters. The van der Waals surface area contributed by atoms with Crippen LogP contribution in [0.5, 0.6) is 11.5 Å². The van der Waals surface area contributed by atoms with Crippen LogP contribution in [-0.4, -0.2) is 40.9 Å². The Hall–Kier alpha value is -4.66. The fraction of sp³-hybridized carbons (Fsp3) is 0.185. The van der Waals surface area contributed by atoms with Crippen molar-refractivity contribution in [1.82, 2.24) is 20.2 Å². The van der Waals surface area contributed by atoms with E-state index in [2.05, 4.69) is 15.3 Å². The maximum Gasteiger partial charge on any atom is 0.275 e. The van der Waals surface area contributed by atoms with E-state index >= 15 is 0 Å². The predicted molar refractivity (Wildman–Crippen MR) is 131 cm³/mol. The number of carbonyl (C=O) groups excluding carboxylic acids is 2. The number of carbonyl (C=O) groups is 2. The molecule has 2 aromatic heterocycles. The number of ether oxygens (including phenoxy) is 2. The number of nitrogens with one attached hydrogen (secondary N) is 1. The summed E-state index contributed by atoms with van der Waals surface area (Å²) in [5, 5.41) is 2.96. The highest BCUT2D eigenvalue weighted by Gasteiger charge is 2.34. The van der Waals surface area contributed by atoms with Gasteiger partial charge in [-0.2, -0.15) is 0 Å². The molecule has 0 saturated carbocycles. The largest absolute Gasteiger partial charge is 0.493 e. The van der Waals surface area contributed by atoms with Gasteiger partial charge in [-0.25, -0.2) is 4.98 Å². The number of furan rings is 1. The van der Waals surface area contributed by atoms with Crippen LogP contribution >= 0.6 is 0 Å². The second-order valence-electron chi connectivity index (χ2n) is 7.82. The molecular formula is C27H26N4O5. The van der Waals surface area contributed by atoms with Gasteiger partial charge in [0.1, 0.15) is 17.5 Å². The van der Waals surface area contributed by atoms with Crippen LogP contribution in [0.25, 0.3) is 0 Å². The van der Waals surface area contributed by atoms with Gasteiger partial charge in [-0.05, 0) is 35.4 Å². The molecule has 4 rings (SSSR count). The number of amides is 2. The standard InChI is InChI=1S/C27H26N4O5/c1-34-23-11-10-20(15-24(23)35-2)25(26(32)30-16-19-7-4-3-5-8-19)31(18-21-9-6-14-36-21)27(33)22-17-28-12-13-29-22/h3-15,17,25H,16,18H2,1-2H3,(H,30,32). The maximum atomic E-state index is 13.7. The number of hydrogen-bond donors (Lipinski definition) is 1. The molecule has 184 valence electrons. The van der Waals surface area contributed by atoms with Gasteiger partial charge in [0.25, 0.3) is 5.91 Å². The molecule has 2 aromatic carbocycles. The molecule has 36 heavy (non-hydrogen) atoms. The Morgan fingerprint density at radius 3 is 2.47 bits per heavy atom. The normalized spacial score (nSPS) is 11.4. The molecule has 9 nitrogen and oxygen atoms in total. The molecule has 0 saturated heterocycles. The zero-order valence-electron chi connectivity index (χ0n) is 20.0. The van der Waals surface area contributed by atoms with E-state index in [1.54, 1.807) is 30.3 Å². The predicted octanol–water partition coefficient (Wildman–Crippen LogP) is 3.79. The van der Waals surface area contributed by atoms with E-state index in [1.165, 1.54) is 44.0 Å². The summed E-state index contributed by atoms with van der Waals surface area (Å²) < 4.78 is 16.3. The summed E-state index contributed by atoms with van der Waals surface area (Å²) in [7, 11) is 3.04. The van der Waals surface area contributed by atoms with Gasteiger partial charge in [-0.1, -0.05) is 36.4 Å². The van der Waals surface area contributed by atoms with E-state index in [4.69, 9.17) is 13.9 Å². The van der Waals surface area contributed by atoms with E-state index in [0.29, 0.717) is 22.8 Å². The molecule has 0 fully saturated rings. The van der Waals surface area contributed by atoms with Gasteiger partial charge in [0.15, 0.2) is 11.5 Å². The molecule has 0 radical (unpaired) electrons. The number of hydrogen-bond acceptors (Lipinski definition) is 7. The van der Waals surface area contributed by atoms with Crippen molar-refractivity contribution in [2.75, 3.05) is 14.2 Å². The second-order valence-corrected chi connectivity index (χ2v) is 7.82. The summed E-state index contributed by atoms with van der Waals surface area (Å²) >= 11 is 0. The van der Waals surface area contributed by atoms with Crippen molar-refractivity contribution in [3.63, 3.8) is 0 Å². The third-order valence-corrected chi connectivity index (χ3v) is 5.54.